The van der Waals surface area contributed by atoms with E-state index in [0.717, 1.165) is 16.7 Å². The van der Waals surface area contributed by atoms with Crippen LogP contribution in [0.3, 0.4) is 0 Å². The zero-order valence-electron chi connectivity index (χ0n) is 13.2. The van der Waals surface area contributed by atoms with Gasteiger partial charge in [0.05, 0.1) is 4.90 Å². The van der Waals surface area contributed by atoms with Gasteiger partial charge in [0.1, 0.15) is 0 Å². The zero-order chi connectivity index (χ0) is 16.7. The van der Waals surface area contributed by atoms with Crippen LogP contribution in [-0.4, -0.2) is 15.0 Å². The molecule has 0 atom stereocenters. The molecule has 0 fully saturated rings. The van der Waals surface area contributed by atoms with E-state index in [4.69, 9.17) is 0 Å². The summed E-state index contributed by atoms with van der Waals surface area (Å²) in [4.78, 5) is 0.268. The third-order valence-corrected chi connectivity index (χ3v) is 4.63. The summed E-state index contributed by atoms with van der Waals surface area (Å²) < 4.78 is 26.8. The summed E-state index contributed by atoms with van der Waals surface area (Å²) in [5.41, 5.74) is 2.77. The van der Waals surface area contributed by atoms with Crippen molar-refractivity contribution in [2.24, 2.45) is 0 Å². The largest absolute Gasteiger partial charge is 0.240 e. The number of hydrogen-bond acceptors (Lipinski definition) is 2. The molecule has 0 amide bonds. The molecule has 0 aliphatic heterocycles. The predicted octanol–water partition coefficient (Wildman–Crippen LogP) is 3.27. The van der Waals surface area contributed by atoms with Crippen molar-refractivity contribution in [3.8, 4) is 11.8 Å². The molecule has 0 radical (unpaired) electrons. The third kappa shape index (κ3) is 5.41. The van der Waals surface area contributed by atoms with E-state index in [9.17, 15) is 8.42 Å². The fraction of sp³-hybridized carbons (Fsp3) is 0.158. The highest BCUT2D eigenvalue weighted by molar-refractivity contribution is 7.89. The minimum atomic E-state index is -3.48. The number of benzene rings is 2. The highest BCUT2D eigenvalue weighted by Gasteiger charge is 2.11. The van der Waals surface area contributed by atoms with Crippen molar-refractivity contribution in [3.05, 3.63) is 77.4 Å². The molecular weight excluding hydrogens is 306 g/mol. The quantitative estimate of drug-likeness (QED) is 0.877. The van der Waals surface area contributed by atoms with Crippen LogP contribution in [0.5, 0.6) is 0 Å². The number of nitrogens with one attached hydrogen (secondary N) is 1. The smallest absolute Gasteiger partial charge is 0.207 e. The van der Waals surface area contributed by atoms with Gasteiger partial charge in [0.15, 0.2) is 0 Å². The molecular formula is C19H19NO2S. The zero-order valence-corrected chi connectivity index (χ0v) is 14.0. The SMILES string of the molecule is C/C(C#Cc1ccccc1)=C\CNS(=O)(=O)c1ccc(C)cc1. The molecule has 0 heterocycles. The first-order chi connectivity index (χ1) is 11.0. The molecule has 0 unspecified atom stereocenters. The van der Waals surface area contributed by atoms with Crippen molar-refractivity contribution in [3.63, 3.8) is 0 Å². The Morgan fingerprint density at radius 3 is 2.39 bits per heavy atom. The van der Waals surface area contributed by atoms with Gasteiger partial charge in [0.2, 0.25) is 10.0 Å². The average Bonchev–Trinajstić information content (AvgIpc) is 2.54. The van der Waals surface area contributed by atoms with Crippen LogP contribution in [0.15, 0.2) is 71.1 Å². The summed E-state index contributed by atoms with van der Waals surface area (Å²) in [5, 5.41) is 0. The number of sulfonamides is 1. The summed E-state index contributed by atoms with van der Waals surface area (Å²) in [6.07, 6.45) is 1.77. The summed E-state index contributed by atoms with van der Waals surface area (Å²) >= 11 is 0. The lowest BCUT2D eigenvalue weighted by molar-refractivity contribution is 0.585. The van der Waals surface area contributed by atoms with Crippen molar-refractivity contribution >= 4 is 10.0 Å². The monoisotopic (exact) mass is 325 g/mol. The van der Waals surface area contributed by atoms with Gasteiger partial charge in [-0.15, -0.1) is 0 Å². The third-order valence-electron chi connectivity index (χ3n) is 3.19. The molecule has 118 valence electrons. The summed E-state index contributed by atoms with van der Waals surface area (Å²) in [7, 11) is -3.48. The van der Waals surface area contributed by atoms with Crippen LogP contribution in [0.4, 0.5) is 0 Å². The topological polar surface area (TPSA) is 46.2 Å². The highest BCUT2D eigenvalue weighted by Crippen LogP contribution is 2.09. The summed E-state index contributed by atoms with van der Waals surface area (Å²) in [6.45, 7) is 3.99. The summed E-state index contributed by atoms with van der Waals surface area (Å²) in [6, 6.07) is 16.4. The molecule has 2 aromatic carbocycles. The maximum Gasteiger partial charge on any atom is 0.240 e. The minimum Gasteiger partial charge on any atom is -0.207 e. The number of rotatable bonds is 4. The predicted molar refractivity (Wildman–Crippen MR) is 93.4 cm³/mol. The molecule has 0 aromatic heterocycles. The van der Waals surface area contributed by atoms with E-state index in [1.807, 2.05) is 44.2 Å². The second-order valence-electron chi connectivity index (χ2n) is 5.17. The minimum absolute atomic E-state index is 0.214. The van der Waals surface area contributed by atoms with Crippen molar-refractivity contribution in [2.45, 2.75) is 18.7 Å². The molecule has 0 bridgehead atoms. The van der Waals surface area contributed by atoms with E-state index in [2.05, 4.69) is 16.6 Å². The van der Waals surface area contributed by atoms with Gasteiger partial charge in [-0.25, -0.2) is 13.1 Å². The molecule has 0 saturated heterocycles. The van der Waals surface area contributed by atoms with E-state index < -0.39 is 10.0 Å². The molecule has 3 nitrogen and oxygen atoms in total. The second-order valence-corrected chi connectivity index (χ2v) is 6.94. The van der Waals surface area contributed by atoms with Gasteiger partial charge >= 0.3 is 0 Å². The van der Waals surface area contributed by atoms with E-state index in [1.165, 1.54) is 0 Å². The van der Waals surface area contributed by atoms with Gasteiger partial charge in [0.25, 0.3) is 0 Å². The van der Waals surface area contributed by atoms with Gasteiger partial charge in [0, 0.05) is 12.1 Å². The van der Waals surface area contributed by atoms with Gasteiger partial charge in [-0.3, -0.25) is 0 Å². The van der Waals surface area contributed by atoms with Crippen LogP contribution in [0.25, 0.3) is 0 Å². The average molecular weight is 325 g/mol. The maximum atomic E-state index is 12.1. The Hall–Kier alpha value is -2.35. The molecule has 23 heavy (non-hydrogen) atoms. The van der Waals surface area contributed by atoms with Gasteiger partial charge in [-0.2, -0.15) is 0 Å². The van der Waals surface area contributed by atoms with E-state index in [0.29, 0.717) is 0 Å². The van der Waals surface area contributed by atoms with Crippen molar-refractivity contribution in [2.75, 3.05) is 6.54 Å². The molecule has 0 aliphatic rings. The van der Waals surface area contributed by atoms with Crippen LogP contribution >= 0.6 is 0 Å². The molecule has 0 spiro atoms. The molecule has 0 saturated carbocycles. The molecule has 1 N–H and O–H groups in total. The molecule has 0 aliphatic carbocycles. The highest BCUT2D eigenvalue weighted by atomic mass is 32.2. The Labute approximate surface area is 138 Å². The first kappa shape index (κ1) is 17.0. The normalized spacial score (nSPS) is 11.7. The maximum absolute atomic E-state index is 12.1. The van der Waals surface area contributed by atoms with E-state index in [-0.39, 0.29) is 11.4 Å². The van der Waals surface area contributed by atoms with E-state index in [1.54, 1.807) is 30.3 Å². The lowest BCUT2D eigenvalue weighted by Crippen LogP contribution is -2.23. The fourth-order valence-electron chi connectivity index (χ4n) is 1.85. The Balaban J connectivity index is 1.98. The first-order valence-corrected chi connectivity index (χ1v) is 8.76. The van der Waals surface area contributed by atoms with Crippen molar-refractivity contribution < 1.29 is 8.42 Å². The lowest BCUT2D eigenvalue weighted by atomic mass is 10.2. The van der Waals surface area contributed by atoms with Crippen LogP contribution in [0.1, 0.15) is 18.1 Å². The van der Waals surface area contributed by atoms with Crippen LogP contribution in [0, 0.1) is 18.8 Å². The van der Waals surface area contributed by atoms with Crippen LogP contribution in [-0.2, 0) is 10.0 Å². The van der Waals surface area contributed by atoms with Crippen LogP contribution in [0.2, 0.25) is 0 Å². The second kappa shape index (κ2) is 7.77. The van der Waals surface area contributed by atoms with Gasteiger partial charge < -0.3 is 0 Å². The Bertz CT molecular complexity index is 840. The number of aryl methyl sites for hydroxylation is 1. The Morgan fingerprint density at radius 1 is 1.09 bits per heavy atom. The number of hydrogen-bond donors (Lipinski definition) is 1. The fourth-order valence-corrected chi connectivity index (χ4v) is 2.81. The van der Waals surface area contributed by atoms with Gasteiger partial charge in [-0.1, -0.05) is 53.8 Å². The van der Waals surface area contributed by atoms with Crippen molar-refractivity contribution in [1.82, 2.24) is 4.72 Å². The first-order valence-electron chi connectivity index (χ1n) is 7.27. The van der Waals surface area contributed by atoms with Gasteiger partial charge in [-0.05, 0) is 43.7 Å². The molecule has 2 aromatic rings. The van der Waals surface area contributed by atoms with Crippen LogP contribution < -0.4 is 4.72 Å². The standard InChI is InChI=1S/C19H19NO2S/c1-16-9-12-19(13-10-16)23(21,22)20-15-14-17(2)8-11-18-6-4-3-5-7-18/h3-7,9-10,12-14,20H,15H2,1-2H3/b17-14+. The summed E-state index contributed by atoms with van der Waals surface area (Å²) in [5.74, 6) is 6.04. The molecule has 4 heteroatoms. The van der Waals surface area contributed by atoms with Crippen molar-refractivity contribution in [1.29, 1.82) is 0 Å². The van der Waals surface area contributed by atoms with E-state index >= 15 is 0 Å². The number of allylic oxidation sites excluding steroid dienone is 1. The Kier molecular flexibility index (Phi) is 5.75. The lowest BCUT2D eigenvalue weighted by Gasteiger charge is -2.05. The molecule has 2 rings (SSSR count). The Morgan fingerprint density at radius 2 is 1.74 bits per heavy atom.